The minimum absolute atomic E-state index is 0.0714. The number of nitrogens with zero attached hydrogens (tertiary/aromatic N) is 2. The SMILES string of the molecule is COCc1cccc(CN=C(N)N=C(N)N)c1. The summed E-state index contributed by atoms with van der Waals surface area (Å²) in [5, 5.41) is 0. The Morgan fingerprint density at radius 1 is 1.24 bits per heavy atom. The van der Waals surface area contributed by atoms with Crippen molar-refractivity contribution in [2.45, 2.75) is 13.2 Å². The number of nitrogens with two attached hydrogens (primary N) is 3. The van der Waals surface area contributed by atoms with E-state index in [9.17, 15) is 0 Å². The number of methoxy groups -OCH3 is 1. The molecule has 0 atom stereocenters. The maximum absolute atomic E-state index is 5.50. The van der Waals surface area contributed by atoms with Gasteiger partial charge in [0.1, 0.15) is 0 Å². The van der Waals surface area contributed by atoms with E-state index >= 15 is 0 Å². The van der Waals surface area contributed by atoms with Crippen molar-refractivity contribution in [2.75, 3.05) is 7.11 Å². The van der Waals surface area contributed by atoms with E-state index in [1.54, 1.807) is 7.11 Å². The molecule has 0 saturated heterocycles. The Morgan fingerprint density at radius 2 is 1.94 bits per heavy atom. The van der Waals surface area contributed by atoms with Crippen LogP contribution < -0.4 is 17.2 Å². The number of ether oxygens (including phenoxy) is 1. The zero-order chi connectivity index (χ0) is 12.7. The monoisotopic (exact) mass is 235 g/mol. The Balaban J connectivity index is 2.68. The number of hydrogen-bond donors (Lipinski definition) is 3. The first kappa shape index (κ1) is 13.0. The molecule has 92 valence electrons. The fourth-order valence-electron chi connectivity index (χ4n) is 1.32. The highest BCUT2D eigenvalue weighted by Crippen LogP contribution is 2.07. The van der Waals surface area contributed by atoms with Crippen molar-refractivity contribution in [1.29, 1.82) is 0 Å². The minimum Gasteiger partial charge on any atom is -0.380 e. The molecule has 6 nitrogen and oxygen atoms in total. The molecule has 0 aliphatic carbocycles. The molecule has 0 saturated carbocycles. The number of hydrogen-bond acceptors (Lipinski definition) is 2. The van der Waals surface area contributed by atoms with Gasteiger partial charge in [0.2, 0.25) is 5.96 Å². The summed E-state index contributed by atoms with van der Waals surface area (Å²) in [5.74, 6) is -0.0264. The first-order valence-corrected chi connectivity index (χ1v) is 5.08. The fraction of sp³-hybridized carbons (Fsp3) is 0.273. The van der Waals surface area contributed by atoms with Crippen LogP contribution in [-0.4, -0.2) is 19.0 Å². The number of aliphatic imine (C=N–C) groups is 2. The van der Waals surface area contributed by atoms with Crippen molar-refractivity contribution < 1.29 is 4.74 Å². The second-order valence-corrected chi connectivity index (χ2v) is 3.46. The largest absolute Gasteiger partial charge is 0.380 e. The van der Waals surface area contributed by atoms with Crippen molar-refractivity contribution >= 4 is 11.9 Å². The molecule has 6 N–H and O–H groups in total. The van der Waals surface area contributed by atoms with Crippen LogP contribution in [0.25, 0.3) is 0 Å². The lowest BCUT2D eigenvalue weighted by Crippen LogP contribution is -2.26. The highest BCUT2D eigenvalue weighted by atomic mass is 16.5. The van der Waals surface area contributed by atoms with Crippen LogP contribution in [0, 0.1) is 0 Å². The Bertz CT molecular complexity index is 424. The van der Waals surface area contributed by atoms with Crippen LogP contribution in [0.4, 0.5) is 0 Å². The molecule has 1 rings (SSSR count). The van der Waals surface area contributed by atoms with Crippen molar-refractivity contribution in [3.05, 3.63) is 35.4 Å². The van der Waals surface area contributed by atoms with Gasteiger partial charge in [-0.1, -0.05) is 24.3 Å². The smallest absolute Gasteiger partial charge is 0.218 e. The van der Waals surface area contributed by atoms with Gasteiger partial charge in [-0.3, -0.25) is 0 Å². The molecule has 0 aliphatic heterocycles. The summed E-state index contributed by atoms with van der Waals surface area (Å²) in [6.07, 6.45) is 0. The van der Waals surface area contributed by atoms with Gasteiger partial charge in [-0.15, -0.1) is 0 Å². The van der Waals surface area contributed by atoms with Gasteiger partial charge in [-0.25, -0.2) is 4.99 Å². The van der Waals surface area contributed by atoms with Crippen LogP contribution in [-0.2, 0) is 17.9 Å². The van der Waals surface area contributed by atoms with Crippen LogP contribution in [0.15, 0.2) is 34.3 Å². The van der Waals surface area contributed by atoms with Crippen molar-refractivity contribution in [3.63, 3.8) is 0 Å². The lowest BCUT2D eigenvalue weighted by Gasteiger charge is -2.02. The fourth-order valence-corrected chi connectivity index (χ4v) is 1.32. The molecule has 0 heterocycles. The quantitative estimate of drug-likeness (QED) is 0.500. The zero-order valence-corrected chi connectivity index (χ0v) is 9.76. The van der Waals surface area contributed by atoms with E-state index in [2.05, 4.69) is 9.98 Å². The average molecular weight is 235 g/mol. The van der Waals surface area contributed by atoms with Crippen molar-refractivity contribution in [3.8, 4) is 0 Å². The van der Waals surface area contributed by atoms with Gasteiger partial charge in [0, 0.05) is 7.11 Å². The predicted octanol–water partition coefficient (Wildman–Crippen LogP) is -0.0789. The van der Waals surface area contributed by atoms with Gasteiger partial charge >= 0.3 is 0 Å². The van der Waals surface area contributed by atoms with Crippen molar-refractivity contribution in [1.82, 2.24) is 0 Å². The summed E-state index contributed by atoms with van der Waals surface area (Å²) in [5.41, 5.74) is 18.0. The van der Waals surface area contributed by atoms with Crippen LogP contribution in [0.3, 0.4) is 0 Å². The molecule has 6 heteroatoms. The summed E-state index contributed by atoms with van der Waals surface area (Å²) in [4.78, 5) is 7.67. The molecule has 0 aliphatic rings. The van der Waals surface area contributed by atoms with Gasteiger partial charge in [0.25, 0.3) is 0 Å². The Morgan fingerprint density at radius 3 is 2.59 bits per heavy atom. The molecule has 17 heavy (non-hydrogen) atoms. The van der Waals surface area contributed by atoms with E-state index in [0.29, 0.717) is 13.2 Å². The Labute approximate surface area is 100 Å². The first-order chi connectivity index (χ1) is 8.11. The minimum atomic E-state index is -0.0978. The Hall–Kier alpha value is -2.08. The third kappa shape index (κ3) is 4.98. The molecule has 0 fully saturated rings. The average Bonchev–Trinajstić information content (AvgIpc) is 2.26. The maximum atomic E-state index is 5.50. The van der Waals surface area contributed by atoms with E-state index in [1.165, 1.54) is 0 Å². The second-order valence-electron chi connectivity index (χ2n) is 3.46. The van der Waals surface area contributed by atoms with Crippen LogP contribution >= 0.6 is 0 Å². The summed E-state index contributed by atoms with van der Waals surface area (Å²) in [7, 11) is 1.65. The topological polar surface area (TPSA) is 112 Å². The zero-order valence-electron chi connectivity index (χ0n) is 9.76. The lowest BCUT2D eigenvalue weighted by atomic mass is 10.1. The van der Waals surface area contributed by atoms with Crippen LogP contribution in [0.5, 0.6) is 0 Å². The normalized spacial score (nSPS) is 11.2. The summed E-state index contributed by atoms with van der Waals surface area (Å²) >= 11 is 0. The van der Waals surface area contributed by atoms with Crippen LogP contribution in [0.1, 0.15) is 11.1 Å². The second kappa shape index (κ2) is 6.49. The highest BCUT2D eigenvalue weighted by Gasteiger charge is 1.96. The van der Waals surface area contributed by atoms with E-state index in [0.717, 1.165) is 11.1 Å². The van der Waals surface area contributed by atoms with E-state index < -0.39 is 0 Å². The molecule has 0 unspecified atom stereocenters. The molecule has 0 spiro atoms. The third-order valence-corrected chi connectivity index (χ3v) is 1.97. The highest BCUT2D eigenvalue weighted by molar-refractivity contribution is 5.92. The third-order valence-electron chi connectivity index (χ3n) is 1.97. The number of rotatable bonds is 4. The van der Waals surface area contributed by atoms with Gasteiger partial charge in [0.15, 0.2) is 5.96 Å². The van der Waals surface area contributed by atoms with Crippen LogP contribution in [0.2, 0.25) is 0 Å². The van der Waals surface area contributed by atoms with Gasteiger partial charge in [-0.2, -0.15) is 4.99 Å². The number of guanidine groups is 2. The lowest BCUT2D eigenvalue weighted by molar-refractivity contribution is 0.185. The standard InChI is InChI=1S/C11H17N5O/c1-17-7-9-4-2-3-8(5-9)6-15-11(14)16-10(12)13/h2-5H,6-7H2,1H3,(H6,12,13,14,15,16). The molecule has 0 radical (unpaired) electrons. The molecule has 1 aromatic rings. The molecular formula is C11H17N5O. The van der Waals surface area contributed by atoms with E-state index in [-0.39, 0.29) is 11.9 Å². The van der Waals surface area contributed by atoms with E-state index in [4.69, 9.17) is 21.9 Å². The van der Waals surface area contributed by atoms with Crippen molar-refractivity contribution in [2.24, 2.45) is 27.2 Å². The summed E-state index contributed by atoms with van der Waals surface area (Å²) in [6.45, 7) is 1.00. The number of benzene rings is 1. The summed E-state index contributed by atoms with van der Waals surface area (Å²) < 4.78 is 5.05. The Kier molecular flexibility index (Phi) is 4.96. The van der Waals surface area contributed by atoms with E-state index in [1.807, 2.05) is 24.3 Å². The first-order valence-electron chi connectivity index (χ1n) is 5.08. The molecular weight excluding hydrogens is 218 g/mol. The predicted molar refractivity (Wildman–Crippen MR) is 68.3 cm³/mol. The van der Waals surface area contributed by atoms with Gasteiger partial charge in [-0.05, 0) is 11.1 Å². The summed E-state index contributed by atoms with van der Waals surface area (Å²) in [6, 6.07) is 7.87. The molecule has 0 amide bonds. The molecule has 1 aromatic carbocycles. The van der Waals surface area contributed by atoms with Gasteiger partial charge in [0.05, 0.1) is 13.2 Å². The molecule has 0 bridgehead atoms. The maximum Gasteiger partial charge on any atom is 0.218 e. The molecule has 0 aromatic heterocycles. The van der Waals surface area contributed by atoms with Gasteiger partial charge < -0.3 is 21.9 Å².